The fourth-order valence-corrected chi connectivity index (χ4v) is 4.36. The first kappa shape index (κ1) is 20.4. The monoisotopic (exact) mass is 432 g/mol. The molecule has 0 radical (unpaired) electrons. The van der Waals surface area contributed by atoms with Crippen LogP contribution in [0.1, 0.15) is 28.7 Å². The summed E-state index contributed by atoms with van der Waals surface area (Å²) in [4.78, 5) is 24.4. The number of benzene rings is 1. The molecule has 1 saturated heterocycles. The Balaban J connectivity index is 1.53. The van der Waals surface area contributed by atoms with Crippen molar-refractivity contribution in [1.29, 1.82) is 0 Å². The van der Waals surface area contributed by atoms with Gasteiger partial charge in [-0.3, -0.25) is 9.78 Å². The summed E-state index contributed by atoms with van der Waals surface area (Å²) in [6, 6.07) is 9.45. The summed E-state index contributed by atoms with van der Waals surface area (Å²) in [5.74, 6) is -0.818. The number of imidazole rings is 1. The van der Waals surface area contributed by atoms with Crippen molar-refractivity contribution in [3.05, 3.63) is 65.5 Å². The van der Waals surface area contributed by atoms with Crippen molar-refractivity contribution >= 4 is 33.8 Å². The highest BCUT2D eigenvalue weighted by Gasteiger charge is 2.21. The van der Waals surface area contributed by atoms with E-state index in [-0.39, 0.29) is 11.6 Å². The highest BCUT2D eigenvalue weighted by Crippen LogP contribution is 2.30. The molecule has 3 aromatic heterocycles. The minimum atomic E-state index is -0.488. The van der Waals surface area contributed by atoms with E-state index in [9.17, 15) is 9.18 Å². The molecule has 1 atom stereocenters. The molecule has 1 unspecified atom stereocenters. The normalized spacial score (nSPS) is 16.6. The first-order chi connectivity index (χ1) is 15.4. The number of nitrogens with zero attached hydrogens (tertiary/aromatic N) is 4. The fourth-order valence-electron chi connectivity index (χ4n) is 4.36. The van der Waals surface area contributed by atoms with Crippen LogP contribution in [0.4, 0.5) is 15.8 Å². The summed E-state index contributed by atoms with van der Waals surface area (Å²) in [6.07, 6.45) is 3.38. The molecule has 1 aliphatic heterocycles. The second-order valence-electron chi connectivity index (χ2n) is 8.43. The average Bonchev–Trinajstić information content (AvgIpc) is 3.13. The minimum absolute atomic E-state index is 0.234. The lowest BCUT2D eigenvalue weighted by atomic mass is 10.0. The molecular weight excluding hydrogens is 407 g/mol. The highest BCUT2D eigenvalue weighted by molar-refractivity contribution is 6.14. The molecule has 0 spiro atoms. The number of nitrogens with one attached hydrogen (secondary N) is 2. The number of aryl methyl sites for hydroxylation is 2. The Hall–Kier alpha value is -3.52. The lowest BCUT2D eigenvalue weighted by Crippen LogP contribution is -2.49. The van der Waals surface area contributed by atoms with Gasteiger partial charge in [-0.05, 0) is 45.0 Å². The summed E-state index contributed by atoms with van der Waals surface area (Å²) in [5.41, 5.74) is 4.30. The SMILES string of the molecule is Cc1ccc2c(N3CCNC(C)C3)ccc(C(=O)Nc3cc(F)c4nc(C)cn4c3)c2n1. The van der Waals surface area contributed by atoms with Gasteiger partial charge in [-0.1, -0.05) is 0 Å². The van der Waals surface area contributed by atoms with E-state index in [1.54, 1.807) is 23.7 Å². The van der Waals surface area contributed by atoms with Gasteiger partial charge in [0.25, 0.3) is 5.91 Å². The minimum Gasteiger partial charge on any atom is -0.368 e. The first-order valence-corrected chi connectivity index (χ1v) is 10.7. The van der Waals surface area contributed by atoms with Crippen LogP contribution < -0.4 is 15.5 Å². The lowest BCUT2D eigenvalue weighted by molar-refractivity contribution is 0.102. The van der Waals surface area contributed by atoms with E-state index in [0.717, 1.165) is 36.4 Å². The van der Waals surface area contributed by atoms with Crippen LogP contribution in [-0.2, 0) is 0 Å². The van der Waals surface area contributed by atoms with Gasteiger partial charge in [-0.15, -0.1) is 0 Å². The summed E-state index contributed by atoms with van der Waals surface area (Å²) in [7, 11) is 0. The third-order valence-electron chi connectivity index (χ3n) is 5.81. The molecule has 32 heavy (non-hydrogen) atoms. The number of rotatable bonds is 3. The molecule has 7 nitrogen and oxygen atoms in total. The highest BCUT2D eigenvalue weighted by atomic mass is 19.1. The second-order valence-corrected chi connectivity index (χ2v) is 8.43. The predicted octanol–water partition coefficient (Wildman–Crippen LogP) is 3.69. The third-order valence-corrected chi connectivity index (χ3v) is 5.81. The maximum Gasteiger partial charge on any atom is 0.257 e. The van der Waals surface area contributed by atoms with Gasteiger partial charge in [0, 0.05) is 60.9 Å². The number of pyridine rings is 2. The number of piperazine rings is 1. The van der Waals surface area contributed by atoms with E-state index >= 15 is 0 Å². The number of hydrogen-bond donors (Lipinski definition) is 2. The predicted molar refractivity (Wildman–Crippen MR) is 124 cm³/mol. The molecule has 4 aromatic rings. The number of aromatic nitrogens is 3. The summed E-state index contributed by atoms with van der Waals surface area (Å²) < 4.78 is 16.0. The van der Waals surface area contributed by atoms with Gasteiger partial charge in [0.05, 0.1) is 22.5 Å². The molecule has 8 heteroatoms. The quantitative estimate of drug-likeness (QED) is 0.517. The van der Waals surface area contributed by atoms with Crippen molar-refractivity contribution in [2.45, 2.75) is 26.8 Å². The van der Waals surface area contributed by atoms with E-state index in [0.29, 0.717) is 28.5 Å². The Kier molecular flexibility index (Phi) is 5.01. The van der Waals surface area contributed by atoms with Gasteiger partial charge in [-0.2, -0.15) is 0 Å². The molecule has 1 amide bonds. The van der Waals surface area contributed by atoms with Gasteiger partial charge in [0.1, 0.15) is 0 Å². The number of carbonyl (C=O) groups is 1. The number of halogens is 1. The molecule has 4 heterocycles. The number of carbonyl (C=O) groups excluding carboxylic acids is 1. The lowest BCUT2D eigenvalue weighted by Gasteiger charge is -2.34. The van der Waals surface area contributed by atoms with Crippen LogP contribution in [0.15, 0.2) is 42.7 Å². The van der Waals surface area contributed by atoms with Crippen molar-refractivity contribution in [3.8, 4) is 0 Å². The Morgan fingerprint density at radius 2 is 2.00 bits per heavy atom. The second kappa shape index (κ2) is 7.87. The van der Waals surface area contributed by atoms with Crippen LogP contribution in [0, 0.1) is 19.7 Å². The summed E-state index contributed by atoms with van der Waals surface area (Å²) >= 11 is 0. The maximum atomic E-state index is 14.5. The Labute approximate surface area is 185 Å². The molecule has 5 rings (SSSR count). The Morgan fingerprint density at radius 1 is 1.16 bits per heavy atom. The smallest absolute Gasteiger partial charge is 0.257 e. The third kappa shape index (κ3) is 3.67. The molecule has 2 N–H and O–H groups in total. The fraction of sp³-hybridized carbons (Fsp3) is 0.292. The molecule has 1 aromatic carbocycles. The molecule has 1 fully saturated rings. The molecule has 1 aliphatic rings. The number of fused-ring (bicyclic) bond motifs is 2. The van der Waals surface area contributed by atoms with E-state index in [2.05, 4.69) is 27.4 Å². The van der Waals surface area contributed by atoms with Gasteiger partial charge in [0.2, 0.25) is 0 Å². The summed E-state index contributed by atoms with van der Waals surface area (Å²) in [6.45, 7) is 8.56. The zero-order chi connectivity index (χ0) is 22.4. The van der Waals surface area contributed by atoms with Gasteiger partial charge in [0.15, 0.2) is 11.5 Å². The zero-order valence-electron chi connectivity index (χ0n) is 18.3. The van der Waals surface area contributed by atoms with E-state index in [1.165, 1.54) is 6.07 Å². The van der Waals surface area contributed by atoms with Crippen LogP contribution in [-0.4, -0.2) is 46.0 Å². The van der Waals surface area contributed by atoms with Crippen LogP contribution in [0.5, 0.6) is 0 Å². The zero-order valence-corrected chi connectivity index (χ0v) is 18.3. The average molecular weight is 433 g/mol. The van der Waals surface area contributed by atoms with E-state index in [1.807, 2.05) is 31.2 Å². The van der Waals surface area contributed by atoms with E-state index < -0.39 is 5.82 Å². The number of hydrogen-bond acceptors (Lipinski definition) is 5. The van der Waals surface area contributed by atoms with Crippen LogP contribution >= 0.6 is 0 Å². The van der Waals surface area contributed by atoms with Gasteiger partial charge < -0.3 is 19.9 Å². The van der Waals surface area contributed by atoms with Gasteiger partial charge in [-0.25, -0.2) is 9.37 Å². The largest absolute Gasteiger partial charge is 0.368 e. The molecule has 0 bridgehead atoms. The van der Waals surface area contributed by atoms with Crippen LogP contribution in [0.2, 0.25) is 0 Å². The van der Waals surface area contributed by atoms with Gasteiger partial charge >= 0.3 is 0 Å². The molecule has 164 valence electrons. The van der Waals surface area contributed by atoms with Crippen LogP contribution in [0.25, 0.3) is 16.6 Å². The molecule has 0 aliphatic carbocycles. The Bertz CT molecular complexity index is 1350. The van der Waals surface area contributed by atoms with Crippen molar-refractivity contribution in [3.63, 3.8) is 0 Å². The van der Waals surface area contributed by atoms with Crippen molar-refractivity contribution in [1.82, 2.24) is 19.7 Å². The van der Waals surface area contributed by atoms with Crippen molar-refractivity contribution in [2.75, 3.05) is 29.9 Å². The van der Waals surface area contributed by atoms with Crippen molar-refractivity contribution < 1.29 is 9.18 Å². The Morgan fingerprint density at radius 3 is 2.81 bits per heavy atom. The molecular formula is C24H25FN6O. The number of anilines is 2. The standard InChI is InChI=1S/C24H25FN6O/c1-14-4-5-18-21(30-9-8-26-15(2)11-30)7-6-19(22(18)27-14)24(32)29-17-10-20(25)23-28-16(3)12-31(23)13-17/h4-7,10,12-13,15,26H,8-9,11H2,1-3H3,(H,29,32). The molecule has 0 saturated carbocycles. The van der Waals surface area contributed by atoms with Crippen LogP contribution in [0.3, 0.4) is 0 Å². The topological polar surface area (TPSA) is 74.6 Å². The maximum absolute atomic E-state index is 14.5. The number of amides is 1. The van der Waals surface area contributed by atoms with Crippen molar-refractivity contribution in [2.24, 2.45) is 0 Å². The summed E-state index contributed by atoms with van der Waals surface area (Å²) in [5, 5.41) is 7.22. The first-order valence-electron chi connectivity index (χ1n) is 10.7. The van der Waals surface area contributed by atoms with E-state index in [4.69, 9.17) is 4.98 Å².